The highest BCUT2D eigenvalue weighted by Gasteiger charge is 2.18. The van der Waals surface area contributed by atoms with Gasteiger partial charge in [0, 0.05) is 21.5 Å². The van der Waals surface area contributed by atoms with Crippen LogP contribution in [0.5, 0.6) is 5.75 Å². The molecule has 3 aromatic rings. The Balaban J connectivity index is 2.09. The Bertz CT molecular complexity index is 1140. The Kier molecular flexibility index (Phi) is 6.11. The third-order valence-electron chi connectivity index (χ3n) is 3.53. The van der Waals surface area contributed by atoms with E-state index in [0.717, 1.165) is 10.7 Å². The molecule has 0 aliphatic rings. The van der Waals surface area contributed by atoms with Crippen LogP contribution >= 0.6 is 67.8 Å². The van der Waals surface area contributed by atoms with E-state index in [1.54, 1.807) is 24.3 Å². The summed E-state index contributed by atoms with van der Waals surface area (Å²) in [6.45, 7) is 0. The minimum absolute atomic E-state index is 0.197. The molecule has 9 heteroatoms. The molecule has 0 amide bonds. The molecule has 0 aliphatic heterocycles. The summed E-state index contributed by atoms with van der Waals surface area (Å²) in [6.07, 6.45) is 0. The molecule has 134 valence electrons. The second-order valence-electron chi connectivity index (χ2n) is 5.20. The van der Waals surface area contributed by atoms with Crippen LogP contribution in [0.2, 0.25) is 0 Å². The summed E-state index contributed by atoms with van der Waals surface area (Å²) in [4.78, 5) is 12.3. The lowest BCUT2D eigenvalue weighted by Gasteiger charge is -2.13. The third-order valence-corrected chi connectivity index (χ3v) is 8.09. The van der Waals surface area contributed by atoms with Crippen molar-refractivity contribution in [3.63, 3.8) is 0 Å². The third kappa shape index (κ3) is 4.15. The van der Waals surface area contributed by atoms with Crippen LogP contribution in [0.1, 0.15) is 10.4 Å². The molecule has 0 saturated heterocycles. The lowest BCUT2D eigenvalue weighted by molar-refractivity contribution is 0.0736. The van der Waals surface area contributed by atoms with Crippen molar-refractivity contribution in [3.05, 3.63) is 64.8 Å². The van der Waals surface area contributed by atoms with Gasteiger partial charge in [0.05, 0.1) is 10.5 Å². The molecule has 0 saturated carbocycles. The predicted molar refractivity (Wildman–Crippen MR) is 121 cm³/mol. The van der Waals surface area contributed by atoms with Gasteiger partial charge < -0.3 is 9.29 Å². The normalized spacial score (nSPS) is 11.5. The number of hydrogen-bond donors (Lipinski definition) is 0. The first kappa shape index (κ1) is 20.2. The highest BCUT2D eigenvalue weighted by molar-refractivity contribution is 14.1. The van der Waals surface area contributed by atoms with Crippen molar-refractivity contribution in [1.29, 1.82) is 0 Å². The minimum Gasteiger partial charge on any atom is -0.744 e. The summed E-state index contributed by atoms with van der Waals surface area (Å²) < 4.78 is 42.5. The van der Waals surface area contributed by atoms with Crippen LogP contribution in [-0.4, -0.2) is 18.9 Å². The molecule has 3 aromatic carbocycles. The first-order valence-electron chi connectivity index (χ1n) is 7.03. The maximum atomic E-state index is 12.7. The molecule has 5 nitrogen and oxygen atoms in total. The van der Waals surface area contributed by atoms with E-state index < -0.39 is 16.1 Å². The van der Waals surface area contributed by atoms with E-state index >= 15 is 0 Å². The number of carbonyl (C=O) groups excluding carboxylic acids is 1. The number of carbonyl (C=O) groups is 1. The number of esters is 1. The van der Waals surface area contributed by atoms with E-state index in [1.165, 1.54) is 18.2 Å². The van der Waals surface area contributed by atoms with E-state index in [2.05, 4.69) is 67.8 Å². The summed E-state index contributed by atoms with van der Waals surface area (Å²) in [7, 11) is -4.64. The fraction of sp³-hybridized carbons (Fsp3) is 0. The first-order valence-corrected chi connectivity index (χ1v) is 11.7. The monoisotopic (exact) mass is 705 g/mol. The molecule has 0 bridgehead atoms. The molecule has 0 atom stereocenters. The summed E-state index contributed by atoms with van der Waals surface area (Å²) in [5.41, 5.74) is 0.423. The van der Waals surface area contributed by atoms with Gasteiger partial charge in [-0.25, -0.2) is 13.2 Å². The number of halogens is 3. The van der Waals surface area contributed by atoms with E-state index in [0.29, 0.717) is 10.9 Å². The van der Waals surface area contributed by atoms with Gasteiger partial charge in [0.1, 0.15) is 15.9 Å². The molecule has 0 spiro atoms. The van der Waals surface area contributed by atoms with Gasteiger partial charge in [-0.2, -0.15) is 0 Å². The number of fused-ring (bicyclic) bond motifs is 1. The highest BCUT2D eigenvalue weighted by Crippen LogP contribution is 2.31. The van der Waals surface area contributed by atoms with Crippen LogP contribution in [0.3, 0.4) is 0 Å². The fourth-order valence-electron chi connectivity index (χ4n) is 2.42. The van der Waals surface area contributed by atoms with Gasteiger partial charge in [-0.05, 0) is 92.0 Å². The number of ether oxygens (including phenoxy) is 1. The van der Waals surface area contributed by atoms with Crippen LogP contribution in [-0.2, 0) is 10.1 Å². The van der Waals surface area contributed by atoms with Crippen molar-refractivity contribution in [1.82, 2.24) is 0 Å². The van der Waals surface area contributed by atoms with Crippen molar-refractivity contribution in [2.45, 2.75) is 4.90 Å². The molecular formula is C17H8I3O5S-. The SMILES string of the molecule is O=C(Oc1cccc2c(S(=O)(=O)[O-])cccc12)c1cc(I)cc(I)c1I. The van der Waals surface area contributed by atoms with Crippen molar-refractivity contribution < 1.29 is 22.5 Å². The smallest absolute Gasteiger partial charge is 0.344 e. The van der Waals surface area contributed by atoms with Crippen LogP contribution in [0, 0.1) is 10.7 Å². The quantitative estimate of drug-likeness (QED) is 0.129. The molecule has 0 unspecified atom stereocenters. The number of hydrogen-bond acceptors (Lipinski definition) is 5. The zero-order valence-electron chi connectivity index (χ0n) is 12.7. The van der Waals surface area contributed by atoms with E-state index in [4.69, 9.17) is 4.74 Å². The van der Waals surface area contributed by atoms with Crippen LogP contribution in [0.15, 0.2) is 53.4 Å². The van der Waals surface area contributed by atoms with Crippen molar-refractivity contribution in [2.75, 3.05) is 0 Å². The molecule has 0 N–H and O–H groups in total. The summed E-state index contributed by atoms with van der Waals surface area (Å²) in [5.74, 6) is -0.351. The van der Waals surface area contributed by atoms with E-state index in [9.17, 15) is 17.8 Å². The van der Waals surface area contributed by atoms with Gasteiger partial charge in [0.25, 0.3) is 0 Å². The van der Waals surface area contributed by atoms with Crippen molar-refractivity contribution in [2.24, 2.45) is 0 Å². The number of rotatable bonds is 3. The largest absolute Gasteiger partial charge is 0.744 e. The van der Waals surface area contributed by atoms with Gasteiger partial charge in [-0.1, -0.05) is 24.3 Å². The molecule has 3 rings (SSSR count). The zero-order chi connectivity index (χ0) is 19.1. The maximum Gasteiger partial charge on any atom is 0.344 e. The maximum absolute atomic E-state index is 12.7. The Morgan fingerprint density at radius 1 is 0.962 bits per heavy atom. The molecule has 0 fully saturated rings. The summed E-state index contributed by atoms with van der Waals surface area (Å²) in [6, 6.07) is 12.6. The molecular weight excluding hydrogens is 697 g/mol. The minimum atomic E-state index is -4.64. The van der Waals surface area contributed by atoms with Gasteiger partial charge in [0.15, 0.2) is 0 Å². The average molecular weight is 705 g/mol. The Morgan fingerprint density at radius 3 is 2.31 bits per heavy atom. The van der Waals surface area contributed by atoms with Gasteiger partial charge >= 0.3 is 5.97 Å². The Morgan fingerprint density at radius 2 is 1.62 bits per heavy atom. The van der Waals surface area contributed by atoms with Gasteiger partial charge in [-0.15, -0.1) is 0 Å². The number of benzene rings is 3. The molecule has 0 heterocycles. The Labute approximate surface area is 190 Å². The van der Waals surface area contributed by atoms with Crippen LogP contribution in [0.25, 0.3) is 10.8 Å². The first-order chi connectivity index (χ1) is 12.2. The standard InChI is InChI=1S/C17H9I3O5S/c18-9-7-12(16(20)13(19)8-9)17(21)25-14-5-1-4-11-10(14)3-2-6-15(11)26(22,23)24/h1-8H,(H,22,23,24)/p-1. The predicted octanol–water partition coefficient (Wildman–Crippen LogP) is 4.78. The molecule has 0 aromatic heterocycles. The second kappa shape index (κ2) is 7.85. The van der Waals surface area contributed by atoms with Crippen molar-refractivity contribution in [3.8, 4) is 5.75 Å². The van der Waals surface area contributed by atoms with E-state index in [1.807, 2.05) is 6.07 Å². The Hall–Kier alpha value is -0.510. The van der Waals surface area contributed by atoms with Gasteiger partial charge in [0.2, 0.25) is 0 Å². The molecule has 0 aliphatic carbocycles. The van der Waals surface area contributed by atoms with Crippen molar-refractivity contribution >= 4 is 94.6 Å². The molecule has 0 radical (unpaired) electrons. The lowest BCUT2D eigenvalue weighted by atomic mass is 10.1. The van der Waals surface area contributed by atoms with Crippen LogP contribution in [0.4, 0.5) is 0 Å². The summed E-state index contributed by atoms with van der Waals surface area (Å²) in [5, 5.41) is 0.604. The van der Waals surface area contributed by atoms with E-state index in [-0.39, 0.29) is 16.0 Å². The lowest BCUT2D eigenvalue weighted by Crippen LogP contribution is -2.12. The average Bonchev–Trinajstić information content (AvgIpc) is 2.57. The van der Waals surface area contributed by atoms with Crippen LogP contribution < -0.4 is 4.74 Å². The summed E-state index contributed by atoms with van der Waals surface area (Å²) >= 11 is 6.35. The topological polar surface area (TPSA) is 83.5 Å². The second-order valence-corrected chi connectivity index (χ2v) is 10.0. The molecule has 26 heavy (non-hydrogen) atoms. The van der Waals surface area contributed by atoms with Gasteiger partial charge in [-0.3, -0.25) is 0 Å². The zero-order valence-corrected chi connectivity index (χ0v) is 20.0. The highest BCUT2D eigenvalue weighted by atomic mass is 127. The fourth-order valence-corrected chi connectivity index (χ4v) is 5.49.